The largest absolute Gasteiger partial charge is 0.256 e. The molecule has 0 saturated heterocycles. The Balaban J connectivity index is 1.02. The second-order valence-corrected chi connectivity index (χ2v) is 14.6. The van der Waals surface area contributed by atoms with Crippen LogP contribution in [0.1, 0.15) is 0 Å². The molecule has 0 bridgehead atoms. The van der Waals surface area contributed by atoms with E-state index in [1.807, 2.05) is 12.3 Å². The smallest absolute Gasteiger partial charge is 0.0714 e. The summed E-state index contributed by atoms with van der Waals surface area (Å²) in [7, 11) is 0. The van der Waals surface area contributed by atoms with Gasteiger partial charge >= 0.3 is 0 Å². The maximum absolute atomic E-state index is 4.86. The van der Waals surface area contributed by atoms with Crippen LogP contribution in [0.2, 0.25) is 0 Å². The molecule has 0 saturated carbocycles. The molecule has 0 amide bonds. The zero-order valence-electron chi connectivity index (χ0n) is 30.7. The van der Waals surface area contributed by atoms with Gasteiger partial charge in [0.2, 0.25) is 0 Å². The summed E-state index contributed by atoms with van der Waals surface area (Å²) in [6.45, 7) is 0. The minimum absolute atomic E-state index is 0.981. The molecule has 0 atom stereocenters. The highest BCUT2D eigenvalue weighted by Gasteiger charge is 2.18. The zero-order valence-corrected chi connectivity index (χ0v) is 30.7. The number of hydrogen-bond donors (Lipinski definition) is 0. The van der Waals surface area contributed by atoms with Crippen molar-refractivity contribution >= 4 is 53.9 Å². The Kier molecular flexibility index (Phi) is 7.57. The highest BCUT2D eigenvalue weighted by Crippen LogP contribution is 2.45. The summed E-state index contributed by atoms with van der Waals surface area (Å²) < 4.78 is 0. The van der Waals surface area contributed by atoms with Gasteiger partial charge in [0, 0.05) is 11.8 Å². The molecule has 260 valence electrons. The highest BCUT2D eigenvalue weighted by molar-refractivity contribution is 6.22. The fourth-order valence-corrected chi connectivity index (χ4v) is 8.86. The summed E-state index contributed by atoms with van der Waals surface area (Å²) in [4.78, 5) is 4.86. The molecule has 0 aliphatic rings. The third-order valence-electron chi connectivity index (χ3n) is 11.5. The molecule has 56 heavy (non-hydrogen) atoms. The van der Waals surface area contributed by atoms with Gasteiger partial charge in [0.15, 0.2) is 0 Å². The minimum atomic E-state index is 0.981. The van der Waals surface area contributed by atoms with Gasteiger partial charge in [-0.05, 0) is 123 Å². The quantitative estimate of drug-likeness (QED) is 0.128. The van der Waals surface area contributed by atoms with Crippen LogP contribution in [0, 0.1) is 0 Å². The Labute approximate surface area is 325 Å². The molecule has 0 N–H and O–H groups in total. The third kappa shape index (κ3) is 5.28. The Morgan fingerprint density at radius 2 is 0.768 bits per heavy atom. The van der Waals surface area contributed by atoms with Crippen molar-refractivity contribution < 1.29 is 0 Å². The summed E-state index contributed by atoms with van der Waals surface area (Å²) >= 11 is 0. The van der Waals surface area contributed by atoms with Crippen molar-refractivity contribution in [1.29, 1.82) is 0 Å². The topological polar surface area (TPSA) is 12.9 Å². The van der Waals surface area contributed by atoms with Crippen LogP contribution in [-0.2, 0) is 0 Å². The average molecular weight is 710 g/mol. The Morgan fingerprint density at radius 3 is 1.50 bits per heavy atom. The normalized spacial score (nSPS) is 11.6. The van der Waals surface area contributed by atoms with Crippen molar-refractivity contribution in [3.05, 3.63) is 212 Å². The molecule has 11 aromatic rings. The lowest BCUT2D eigenvalue weighted by molar-refractivity contribution is 1.34. The fraction of sp³-hybridized carbons (Fsp3) is 0. The van der Waals surface area contributed by atoms with Gasteiger partial charge in [-0.15, -0.1) is 0 Å². The number of hydrogen-bond acceptors (Lipinski definition) is 1. The van der Waals surface area contributed by atoms with Gasteiger partial charge in [0.05, 0.1) is 5.69 Å². The van der Waals surface area contributed by atoms with E-state index >= 15 is 0 Å². The molecule has 0 unspecified atom stereocenters. The molecule has 0 radical (unpaired) electrons. The zero-order chi connectivity index (χ0) is 37.0. The van der Waals surface area contributed by atoms with Crippen LogP contribution < -0.4 is 0 Å². The fourth-order valence-electron chi connectivity index (χ4n) is 8.86. The lowest BCUT2D eigenvalue weighted by Crippen LogP contribution is -1.93. The molecule has 1 heterocycles. The molecule has 0 fully saturated rings. The molecule has 0 spiro atoms. The van der Waals surface area contributed by atoms with Crippen LogP contribution in [0.5, 0.6) is 0 Å². The number of rotatable bonds is 5. The number of pyridine rings is 1. The Bertz CT molecular complexity index is 3250. The summed E-state index contributed by atoms with van der Waals surface area (Å²) in [5, 5.41) is 12.5. The van der Waals surface area contributed by atoms with E-state index in [4.69, 9.17) is 4.98 Å². The van der Waals surface area contributed by atoms with Gasteiger partial charge < -0.3 is 0 Å². The Morgan fingerprint density at radius 1 is 0.250 bits per heavy atom. The number of nitrogens with zero attached hydrogens (tertiary/aromatic N) is 1. The van der Waals surface area contributed by atoms with Crippen molar-refractivity contribution in [3.8, 4) is 55.8 Å². The first-order chi connectivity index (χ1) is 27.8. The molecule has 11 rings (SSSR count). The van der Waals surface area contributed by atoms with Crippen LogP contribution in [0.4, 0.5) is 0 Å². The van der Waals surface area contributed by atoms with Crippen molar-refractivity contribution in [3.63, 3.8) is 0 Å². The number of aromatic nitrogens is 1. The van der Waals surface area contributed by atoms with Gasteiger partial charge in [0.25, 0.3) is 0 Å². The maximum atomic E-state index is 4.86. The van der Waals surface area contributed by atoms with E-state index in [9.17, 15) is 0 Å². The van der Waals surface area contributed by atoms with Crippen LogP contribution in [0.25, 0.3) is 110 Å². The lowest BCUT2D eigenvalue weighted by atomic mass is 9.85. The third-order valence-corrected chi connectivity index (χ3v) is 11.5. The molecule has 1 nitrogen and oxygen atoms in total. The molecule has 1 heteroatoms. The first kappa shape index (κ1) is 32.1. The van der Waals surface area contributed by atoms with Gasteiger partial charge in [-0.1, -0.05) is 182 Å². The van der Waals surface area contributed by atoms with Gasteiger partial charge in [0.1, 0.15) is 0 Å². The molecule has 10 aromatic carbocycles. The van der Waals surface area contributed by atoms with E-state index in [1.165, 1.54) is 104 Å². The van der Waals surface area contributed by atoms with Crippen LogP contribution >= 0.6 is 0 Å². The second kappa shape index (κ2) is 13.2. The van der Waals surface area contributed by atoms with Crippen molar-refractivity contribution in [1.82, 2.24) is 4.98 Å². The highest BCUT2D eigenvalue weighted by atomic mass is 14.7. The minimum Gasteiger partial charge on any atom is -0.256 e. The number of benzene rings is 10. The van der Waals surface area contributed by atoms with Crippen molar-refractivity contribution in [2.75, 3.05) is 0 Å². The van der Waals surface area contributed by atoms with Crippen molar-refractivity contribution in [2.24, 2.45) is 0 Å². The second-order valence-electron chi connectivity index (χ2n) is 14.6. The van der Waals surface area contributed by atoms with E-state index in [2.05, 4.69) is 200 Å². The van der Waals surface area contributed by atoms with Crippen molar-refractivity contribution in [2.45, 2.75) is 0 Å². The first-order valence-corrected chi connectivity index (χ1v) is 19.3. The molecule has 0 aliphatic heterocycles. The predicted molar refractivity (Wildman–Crippen MR) is 239 cm³/mol. The predicted octanol–water partition coefficient (Wildman–Crippen LogP) is 15.2. The van der Waals surface area contributed by atoms with Gasteiger partial charge in [-0.2, -0.15) is 0 Å². The summed E-state index contributed by atoms with van der Waals surface area (Å²) in [5.74, 6) is 0. The van der Waals surface area contributed by atoms with E-state index < -0.39 is 0 Å². The standard InChI is InChI=1S/C55H35N/c1-2-12-36(13-3-1)42-30-32-49-52(34-42)55(53-20-10-11-33-56-53)48-19-9-8-18-47(48)54(49)41-27-23-38(24-28-41)37-21-25-40(26-22-37)50-35-51-43-15-5-4-14-39(43)29-31-46(51)44-16-6-7-17-45(44)50/h1-35H. The van der Waals surface area contributed by atoms with Crippen LogP contribution in [0.15, 0.2) is 212 Å². The molecular formula is C55H35N. The number of fused-ring (bicyclic) bond motifs is 7. The van der Waals surface area contributed by atoms with E-state index in [1.54, 1.807) is 0 Å². The average Bonchev–Trinajstić information content (AvgIpc) is 3.28. The van der Waals surface area contributed by atoms with E-state index in [0.29, 0.717) is 0 Å². The van der Waals surface area contributed by atoms with Crippen LogP contribution in [0.3, 0.4) is 0 Å². The summed E-state index contributed by atoms with van der Waals surface area (Å²) in [6, 6.07) is 75.2. The SMILES string of the molecule is c1ccc(-c2ccc3c(-c4ccc(-c5ccc(-c6cc7c8ccccc8ccc7c7ccccc67)cc5)cc4)c4ccccc4c(-c4ccccn4)c3c2)cc1. The molecule has 0 aliphatic carbocycles. The molecule has 1 aromatic heterocycles. The summed E-state index contributed by atoms with van der Waals surface area (Å²) in [6.07, 6.45) is 1.89. The first-order valence-electron chi connectivity index (χ1n) is 19.3. The monoisotopic (exact) mass is 709 g/mol. The maximum Gasteiger partial charge on any atom is 0.0714 e. The van der Waals surface area contributed by atoms with E-state index in [-0.39, 0.29) is 0 Å². The van der Waals surface area contributed by atoms with Gasteiger partial charge in [-0.3, -0.25) is 4.98 Å². The van der Waals surface area contributed by atoms with Gasteiger partial charge in [-0.25, -0.2) is 0 Å². The lowest BCUT2D eigenvalue weighted by Gasteiger charge is -2.18. The van der Waals surface area contributed by atoms with Crippen LogP contribution in [-0.4, -0.2) is 4.98 Å². The van der Waals surface area contributed by atoms with E-state index in [0.717, 1.165) is 5.69 Å². The molecular weight excluding hydrogens is 675 g/mol. The summed E-state index contributed by atoms with van der Waals surface area (Å²) in [5.41, 5.74) is 11.9. The Hall–Kier alpha value is -7.35.